The fourth-order valence-electron chi connectivity index (χ4n) is 1.51. The van der Waals surface area contributed by atoms with Crippen molar-refractivity contribution in [3.63, 3.8) is 0 Å². The quantitative estimate of drug-likeness (QED) is 0.726. The van der Waals surface area contributed by atoms with Gasteiger partial charge in [-0.2, -0.15) is 0 Å². The molecule has 0 bridgehead atoms. The Hall–Kier alpha value is -1.60. The van der Waals surface area contributed by atoms with Gasteiger partial charge in [-0.25, -0.2) is 13.6 Å². The second-order valence-corrected chi connectivity index (χ2v) is 6.64. The molecule has 0 saturated carbocycles. The molecule has 0 aliphatic heterocycles. The van der Waals surface area contributed by atoms with Crippen LogP contribution in [0.5, 0.6) is 0 Å². The molecule has 0 spiro atoms. The van der Waals surface area contributed by atoms with E-state index in [9.17, 15) is 13.2 Å². The van der Waals surface area contributed by atoms with Crippen molar-refractivity contribution in [2.24, 2.45) is 11.1 Å². The SMILES string of the molecule is CC(C)CNC(=O)C(C)Nc1ccc(S(N)(=O)=O)cc1. The molecule has 0 aliphatic rings. The number of carbonyl (C=O) groups excluding carboxylic acids is 1. The van der Waals surface area contributed by atoms with Gasteiger partial charge in [0.25, 0.3) is 0 Å². The van der Waals surface area contributed by atoms with Crippen molar-refractivity contribution < 1.29 is 13.2 Å². The number of rotatable bonds is 6. The minimum atomic E-state index is -3.69. The Morgan fingerprint density at radius 1 is 1.20 bits per heavy atom. The van der Waals surface area contributed by atoms with Gasteiger partial charge in [-0.1, -0.05) is 13.8 Å². The van der Waals surface area contributed by atoms with Gasteiger partial charge in [-0.15, -0.1) is 0 Å². The first-order valence-electron chi connectivity index (χ1n) is 6.37. The molecule has 4 N–H and O–H groups in total. The summed E-state index contributed by atoms with van der Waals surface area (Å²) < 4.78 is 22.2. The normalized spacial score (nSPS) is 13.1. The van der Waals surface area contributed by atoms with Crippen LogP contribution in [0.15, 0.2) is 29.2 Å². The van der Waals surface area contributed by atoms with Crippen molar-refractivity contribution in [1.82, 2.24) is 5.32 Å². The van der Waals surface area contributed by atoms with E-state index in [1.54, 1.807) is 19.1 Å². The van der Waals surface area contributed by atoms with Crippen molar-refractivity contribution in [3.05, 3.63) is 24.3 Å². The number of anilines is 1. The van der Waals surface area contributed by atoms with Crippen LogP contribution in [0.1, 0.15) is 20.8 Å². The lowest BCUT2D eigenvalue weighted by molar-refractivity contribution is -0.121. The summed E-state index contributed by atoms with van der Waals surface area (Å²) in [5.41, 5.74) is 0.657. The molecule has 1 amide bonds. The van der Waals surface area contributed by atoms with Crippen LogP contribution in [0, 0.1) is 5.92 Å². The van der Waals surface area contributed by atoms with E-state index in [0.717, 1.165) is 0 Å². The third-order valence-electron chi connectivity index (χ3n) is 2.64. The lowest BCUT2D eigenvalue weighted by Crippen LogP contribution is -2.39. The van der Waals surface area contributed by atoms with Crippen LogP contribution in [0.3, 0.4) is 0 Å². The van der Waals surface area contributed by atoms with E-state index in [1.165, 1.54) is 12.1 Å². The molecule has 0 fully saturated rings. The van der Waals surface area contributed by atoms with Gasteiger partial charge in [0.1, 0.15) is 6.04 Å². The van der Waals surface area contributed by atoms with Crippen LogP contribution in [0.2, 0.25) is 0 Å². The average molecular weight is 299 g/mol. The molecular formula is C13H21N3O3S. The molecule has 0 radical (unpaired) electrons. The van der Waals surface area contributed by atoms with Crippen LogP contribution in [0.4, 0.5) is 5.69 Å². The Balaban J connectivity index is 2.62. The van der Waals surface area contributed by atoms with Gasteiger partial charge >= 0.3 is 0 Å². The number of sulfonamides is 1. The third kappa shape index (κ3) is 5.18. The van der Waals surface area contributed by atoms with E-state index in [4.69, 9.17) is 5.14 Å². The molecule has 7 heteroatoms. The first-order chi connectivity index (χ1) is 9.20. The summed E-state index contributed by atoms with van der Waals surface area (Å²) in [6.45, 7) is 6.40. The molecule has 0 heterocycles. The zero-order valence-corrected chi connectivity index (χ0v) is 12.7. The fourth-order valence-corrected chi connectivity index (χ4v) is 2.03. The predicted molar refractivity (Wildman–Crippen MR) is 78.7 cm³/mol. The number of nitrogens with two attached hydrogens (primary N) is 1. The number of amides is 1. The molecule has 1 unspecified atom stereocenters. The summed E-state index contributed by atoms with van der Waals surface area (Å²) in [7, 11) is -3.69. The zero-order valence-electron chi connectivity index (χ0n) is 11.9. The first kappa shape index (κ1) is 16.5. The maximum atomic E-state index is 11.8. The van der Waals surface area contributed by atoms with Gasteiger partial charge < -0.3 is 10.6 Å². The largest absolute Gasteiger partial charge is 0.374 e. The summed E-state index contributed by atoms with van der Waals surface area (Å²) in [6.07, 6.45) is 0. The Kier molecular flexibility index (Phi) is 5.52. The smallest absolute Gasteiger partial charge is 0.242 e. The molecule has 6 nitrogen and oxygen atoms in total. The van der Waals surface area contributed by atoms with Crippen LogP contribution >= 0.6 is 0 Å². The number of hydrogen-bond acceptors (Lipinski definition) is 4. The highest BCUT2D eigenvalue weighted by Crippen LogP contribution is 2.13. The molecule has 0 aliphatic carbocycles. The minimum Gasteiger partial charge on any atom is -0.374 e. The van der Waals surface area contributed by atoms with Gasteiger partial charge in [-0.05, 0) is 37.1 Å². The second-order valence-electron chi connectivity index (χ2n) is 5.07. The fraction of sp³-hybridized carbons (Fsp3) is 0.462. The van der Waals surface area contributed by atoms with E-state index >= 15 is 0 Å². The van der Waals surface area contributed by atoms with E-state index < -0.39 is 16.1 Å². The van der Waals surface area contributed by atoms with Gasteiger partial charge in [0.15, 0.2) is 0 Å². The minimum absolute atomic E-state index is 0.0416. The van der Waals surface area contributed by atoms with Crippen LogP contribution in [-0.4, -0.2) is 26.9 Å². The summed E-state index contributed by atoms with van der Waals surface area (Å²) in [5.74, 6) is 0.286. The zero-order chi connectivity index (χ0) is 15.3. The Labute approximate surface area is 119 Å². The number of benzene rings is 1. The molecule has 112 valence electrons. The van der Waals surface area contributed by atoms with Crippen molar-refractivity contribution >= 4 is 21.6 Å². The maximum Gasteiger partial charge on any atom is 0.242 e. The van der Waals surface area contributed by atoms with Crippen LogP contribution < -0.4 is 15.8 Å². The summed E-state index contributed by atoms with van der Waals surface area (Å²) >= 11 is 0. The second kappa shape index (κ2) is 6.71. The predicted octanol–water partition coefficient (Wildman–Crippen LogP) is 0.907. The van der Waals surface area contributed by atoms with Gasteiger partial charge in [0.2, 0.25) is 15.9 Å². The molecule has 1 rings (SSSR count). The maximum absolute atomic E-state index is 11.8. The highest BCUT2D eigenvalue weighted by atomic mass is 32.2. The van der Waals surface area contributed by atoms with Gasteiger partial charge in [0, 0.05) is 12.2 Å². The van der Waals surface area contributed by atoms with E-state index in [2.05, 4.69) is 10.6 Å². The topological polar surface area (TPSA) is 101 Å². The molecule has 1 aromatic rings. The van der Waals surface area contributed by atoms with E-state index in [0.29, 0.717) is 18.2 Å². The lowest BCUT2D eigenvalue weighted by atomic mass is 10.2. The number of carbonyl (C=O) groups is 1. The van der Waals surface area contributed by atoms with Crippen molar-refractivity contribution in [3.8, 4) is 0 Å². The number of primary sulfonamides is 1. The van der Waals surface area contributed by atoms with Crippen LogP contribution in [-0.2, 0) is 14.8 Å². The summed E-state index contributed by atoms with van der Waals surface area (Å²) in [5, 5.41) is 10.8. The average Bonchev–Trinajstić information content (AvgIpc) is 2.35. The lowest BCUT2D eigenvalue weighted by Gasteiger charge is -2.16. The molecule has 0 aromatic heterocycles. The Morgan fingerprint density at radius 2 is 1.75 bits per heavy atom. The highest BCUT2D eigenvalue weighted by molar-refractivity contribution is 7.89. The van der Waals surface area contributed by atoms with Gasteiger partial charge in [0.05, 0.1) is 4.90 Å². The standard InChI is InChI=1S/C13H21N3O3S/c1-9(2)8-15-13(17)10(3)16-11-4-6-12(7-5-11)20(14,18)19/h4-7,9-10,16H,8H2,1-3H3,(H,15,17)(H2,14,18,19). The molecule has 1 atom stereocenters. The number of nitrogens with one attached hydrogen (secondary N) is 2. The Morgan fingerprint density at radius 3 is 2.20 bits per heavy atom. The van der Waals surface area contributed by atoms with E-state index in [1.807, 2.05) is 13.8 Å². The number of hydrogen-bond donors (Lipinski definition) is 3. The van der Waals surface area contributed by atoms with Crippen molar-refractivity contribution in [2.75, 3.05) is 11.9 Å². The third-order valence-corrected chi connectivity index (χ3v) is 3.57. The summed E-state index contributed by atoms with van der Waals surface area (Å²) in [4.78, 5) is 11.8. The monoisotopic (exact) mass is 299 g/mol. The molecule has 1 aromatic carbocycles. The van der Waals surface area contributed by atoms with Crippen LogP contribution in [0.25, 0.3) is 0 Å². The van der Waals surface area contributed by atoms with Crippen molar-refractivity contribution in [1.29, 1.82) is 0 Å². The molecule has 0 saturated heterocycles. The van der Waals surface area contributed by atoms with Gasteiger partial charge in [-0.3, -0.25) is 4.79 Å². The first-order valence-corrected chi connectivity index (χ1v) is 7.92. The molecular weight excluding hydrogens is 278 g/mol. The molecule has 20 heavy (non-hydrogen) atoms. The highest BCUT2D eigenvalue weighted by Gasteiger charge is 2.13. The summed E-state index contributed by atoms with van der Waals surface area (Å²) in [6, 6.07) is 5.54. The Bertz CT molecular complexity index is 553. The van der Waals surface area contributed by atoms with Crippen molar-refractivity contribution in [2.45, 2.75) is 31.7 Å². The van der Waals surface area contributed by atoms with E-state index in [-0.39, 0.29) is 10.8 Å².